The van der Waals surface area contributed by atoms with Crippen molar-refractivity contribution in [1.29, 1.82) is 0 Å². The minimum absolute atomic E-state index is 0.0232. The Bertz CT molecular complexity index is 1290. The number of azide groups is 1. The molecule has 10 nitrogen and oxygen atoms in total. The van der Waals surface area contributed by atoms with Gasteiger partial charge in [-0.3, -0.25) is 4.79 Å². The summed E-state index contributed by atoms with van der Waals surface area (Å²) in [6, 6.07) is 29.7. The Labute approximate surface area is 265 Å². The smallest absolute Gasteiger partial charge is 0.302 e. The van der Waals surface area contributed by atoms with E-state index in [2.05, 4.69) is 10.0 Å². The summed E-state index contributed by atoms with van der Waals surface area (Å²) in [5.41, 5.74) is 11.5. The number of hydrogen-bond acceptors (Lipinski definition) is 8. The standard InChI is InChI=1S/C35H43N3O7/c1-27(39)41-26-31-32(42-23-28-15-7-4-8-16-28)33(43-24-29-17-9-5-10-18-29)34(44-25-30-19-11-6-12-20-30)35(45-31)40-22-14-3-2-13-21-37-38-36/h4-12,15-20,31-35H,2-3,13-14,21-26H2,1H3/t31-,32-,33+,34-,35+/m1/s1. The third-order valence-corrected chi connectivity index (χ3v) is 7.40. The molecule has 0 spiro atoms. The number of esters is 1. The average molecular weight is 618 g/mol. The van der Waals surface area contributed by atoms with Gasteiger partial charge in [0.1, 0.15) is 31.0 Å². The van der Waals surface area contributed by atoms with E-state index in [-0.39, 0.29) is 6.61 Å². The van der Waals surface area contributed by atoms with Gasteiger partial charge in [0.05, 0.1) is 19.8 Å². The second-order valence-corrected chi connectivity index (χ2v) is 10.9. The maximum atomic E-state index is 11.9. The summed E-state index contributed by atoms with van der Waals surface area (Å²) >= 11 is 0. The third kappa shape index (κ3) is 11.9. The SMILES string of the molecule is CC(=O)OC[C@H]1O[C@H](OCCCCCCN=[N+]=[N-])[C@H](OCc2ccccc2)[C@@H](OCc2ccccc2)[C@@H]1OCc1ccccc1. The Morgan fingerprint density at radius 3 is 1.76 bits per heavy atom. The van der Waals surface area contributed by atoms with Crippen LogP contribution in [0.5, 0.6) is 0 Å². The summed E-state index contributed by atoms with van der Waals surface area (Å²) in [6.07, 6.45) is 0.112. The molecule has 1 heterocycles. The van der Waals surface area contributed by atoms with Gasteiger partial charge >= 0.3 is 5.97 Å². The number of benzene rings is 3. The summed E-state index contributed by atoms with van der Waals surface area (Å²) < 4.78 is 38.0. The monoisotopic (exact) mass is 617 g/mol. The van der Waals surface area contributed by atoms with Gasteiger partial charge in [-0.2, -0.15) is 0 Å². The zero-order valence-electron chi connectivity index (χ0n) is 25.8. The highest BCUT2D eigenvalue weighted by atomic mass is 16.7. The van der Waals surface area contributed by atoms with Crippen molar-refractivity contribution in [2.45, 2.75) is 83.1 Å². The van der Waals surface area contributed by atoms with Gasteiger partial charge in [-0.1, -0.05) is 109 Å². The molecule has 5 atom stereocenters. The minimum Gasteiger partial charge on any atom is -0.463 e. The molecule has 0 N–H and O–H groups in total. The first-order valence-electron chi connectivity index (χ1n) is 15.5. The highest BCUT2D eigenvalue weighted by Crippen LogP contribution is 2.31. The van der Waals surface area contributed by atoms with E-state index in [1.807, 2.05) is 91.0 Å². The molecule has 3 aromatic rings. The Hall–Kier alpha value is -3.76. The molecular weight excluding hydrogens is 574 g/mol. The fourth-order valence-electron chi connectivity index (χ4n) is 5.10. The Morgan fingerprint density at radius 2 is 1.22 bits per heavy atom. The van der Waals surface area contributed by atoms with Gasteiger partial charge in [0.2, 0.25) is 0 Å². The van der Waals surface area contributed by atoms with Gasteiger partial charge in [0.15, 0.2) is 6.29 Å². The number of hydrogen-bond donors (Lipinski definition) is 0. The predicted molar refractivity (Wildman–Crippen MR) is 169 cm³/mol. The van der Waals surface area contributed by atoms with Crippen LogP contribution in [0.25, 0.3) is 10.4 Å². The lowest BCUT2D eigenvalue weighted by Gasteiger charge is -2.45. The van der Waals surface area contributed by atoms with Crippen LogP contribution in [-0.2, 0) is 53.0 Å². The third-order valence-electron chi connectivity index (χ3n) is 7.40. The van der Waals surface area contributed by atoms with Crippen molar-refractivity contribution in [2.24, 2.45) is 5.11 Å². The normalized spacial score (nSPS) is 21.1. The van der Waals surface area contributed by atoms with Gasteiger partial charge in [0, 0.05) is 25.0 Å². The van der Waals surface area contributed by atoms with E-state index in [0.717, 1.165) is 42.4 Å². The van der Waals surface area contributed by atoms with Crippen LogP contribution in [0.2, 0.25) is 0 Å². The Kier molecular flexibility index (Phi) is 14.9. The van der Waals surface area contributed by atoms with Crippen LogP contribution in [0.15, 0.2) is 96.1 Å². The van der Waals surface area contributed by atoms with Gasteiger partial charge in [0.25, 0.3) is 0 Å². The fourth-order valence-corrected chi connectivity index (χ4v) is 5.10. The van der Waals surface area contributed by atoms with Crippen molar-refractivity contribution < 1.29 is 33.2 Å². The van der Waals surface area contributed by atoms with E-state index >= 15 is 0 Å². The van der Waals surface area contributed by atoms with Gasteiger partial charge in [-0.25, -0.2) is 0 Å². The highest BCUT2D eigenvalue weighted by molar-refractivity contribution is 5.65. The summed E-state index contributed by atoms with van der Waals surface area (Å²) in [7, 11) is 0. The molecule has 1 aliphatic heterocycles. The van der Waals surface area contributed by atoms with E-state index in [9.17, 15) is 4.79 Å². The largest absolute Gasteiger partial charge is 0.463 e. The van der Waals surface area contributed by atoms with E-state index in [1.54, 1.807) is 0 Å². The molecule has 45 heavy (non-hydrogen) atoms. The summed E-state index contributed by atoms with van der Waals surface area (Å²) in [5, 5.41) is 3.60. The van der Waals surface area contributed by atoms with Gasteiger partial charge in [-0.15, -0.1) is 0 Å². The molecule has 10 heteroatoms. The van der Waals surface area contributed by atoms with Crippen molar-refractivity contribution in [2.75, 3.05) is 19.8 Å². The molecule has 0 bridgehead atoms. The molecule has 0 amide bonds. The second-order valence-electron chi connectivity index (χ2n) is 10.9. The number of carbonyl (C=O) groups excluding carboxylic acids is 1. The van der Waals surface area contributed by atoms with Crippen LogP contribution in [0, 0.1) is 0 Å². The van der Waals surface area contributed by atoms with Crippen molar-refractivity contribution in [3.63, 3.8) is 0 Å². The topological polar surface area (TPSA) is 121 Å². The molecule has 0 aliphatic carbocycles. The first-order chi connectivity index (χ1) is 22.1. The molecule has 0 aromatic heterocycles. The minimum atomic E-state index is -0.796. The highest BCUT2D eigenvalue weighted by Gasteiger charge is 2.49. The number of rotatable bonds is 19. The Balaban J connectivity index is 1.56. The average Bonchev–Trinajstić information content (AvgIpc) is 3.07. The van der Waals surface area contributed by atoms with E-state index in [0.29, 0.717) is 33.0 Å². The van der Waals surface area contributed by atoms with Crippen LogP contribution in [0.4, 0.5) is 0 Å². The van der Waals surface area contributed by atoms with Crippen LogP contribution in [0.1, 0.15) is 49.3 Å². The predicted octanol–water partition coefficient (Wildman–Crippen LogP) is 6.92. The quantitative estimate of drug-likeness (QED) is 0.0471. The van der Waals surface area contributed by atoms with Crippen LogP contribution in [-0.4, -0.2) is 56.4 Å². The number of unbranched alkanes of at least 4 members (excludes halogenated alkanes) is 3. The van der Waals surface area contributed by atoms with Crippen LogP contribution >= 0.6 is 0 Å². The molecule has 0 saturated carbocycles. The summed E-state index contributed by atoms with van der Waals surface area (Å²) in [5.74, 6) is -0.414. The molecule has 240 valence electrons. The maximum absolute atomic E-state index is 11.9. The van der Waals surface area contributed by atoms with E-state index < -0.39 is 36.7 Å². The number of nitrogens with zero attached hydrogens (tertiary/aromatic N) is 3. The Morgan fingerprint density at radius 1 is 0.711 bits per heavy atom. The van der Waals surface area contributed by atoms with Crippen molar-refractivity contribution in [1.82, 2.24) is 0 Å². The molecule has 0 radical (unpaired) electrons. The molecule has 4 rings (SSSR count). The van der Waals surface area contributed by atoms with Crippen molar-refractivity contribution >= 4 is 5.97 Å². The number of ether oxygens (including phenoxy) is 6. The lowest BCUT2D eigenvalue weighted by Crippen LogP contribution is -2.62. The van der Waals surface area contributed by atoms with Crippen molar-refractivity contribution in [3.8, 4) is 0 Å². The summed E-state index contributed by atoms with van der Waals surface area (Å²) in [4.78, 5) is 14.7. The lowest BCUT2D eigenvalue weighted by molar-refractivity contribution is -0.327. The molecule has 3 aromatic carbocycles. The van der Waals surface area contributed by atoms with Gasteiger partial charge in [-0.05, 0) is 35.1 Å². The van der Waals surface area contributed by atoms with Gasteiger partial charge < -0.3 is 28.4 Å². The number of carbonyl (C=O) groups is 1. The molecule has 1 aliphatic rings. The first-order valence-corrected chi connectivity index (χ1v) is 15.5. The fraction of sp³-hybridized carbons (Fsp3) is 0.457. The lowest BCUT2D eigenvalue weighted by atomic mass is 9.97. The van der Waals surface area contributed by atoms with Crippen LogP contribution < -0.4 is 0 Å². The van der Waals surface area contributed by atoms with E-state index in [4.69, 9.17) is 34.0 Å². The zero-order chi connectivity index (χ0) is 31.5. The summed E-state index contributed by atoms with van der Waals surface area (Å²) in [6.45, 7) is 3.21. The van der Waals surface area contributed by atoms with Crippen molar-refractivity contribution in [3.05, 3.63) is 118 Å². The molecule has 0 unspecified atom stereocenters. The molecular formula is C35H43N3O7. The zero-order valence-corrected chi connectivity index (χ0v) is 25.8. The first kappa shape index (κ1) is 34.1. The molecule has 1 saturated heterocycles. The molecule has 1 fully saturated rings. The van der Waals surface area contributed by atoms with Crippen LogP contribution in [0.3, 0.4) is 0 Å². The maximum Gasteiger partial charge on any atom is 0.302 e. The second kappa shape index (κ2) is 19.6. The van der Waals surface area contributed by atoms with E-state index in [1.165, 1.54) is 6.92 Å².